The van der Waals surface area contributed by atoms with Crippen molar-refractivity contribution >= 4 is 44.4 Å². The molecule has 1 amide bonds. The zero-order valence-corrected chi connectivity index (χ0v) is 20.5. The van der Waals surface area contributed by atoms with Crippen LogP contribution < -0.4 is 11.1 Å². The zero-order chi connectivity index (χ0) is 26.0. The van der Waals surface area contributed by atoms with Gasteiger partial charge in [-0.1, -0.05) is 6.07 Å². The molecule has 0 unspecified atom stereocenters. The number of halogens is 2. The summed E-state index contributed by atoms with van der Waals surface area (Å²) in [6, 6.07) is 15.0. The van der Waals surface area contributed by atoms with Crippen molar-refractivity contribution in [3.05, 3.63) is 94.2 Å². The minimum absolute atomic E-state index is 0.218. The van der Waals surface area contributed by atoms with Gasteiger partial charge >= 0.3 is 0 Å². The second-order valence-corrected chi connectivity index (χ2v) is 9.47. The van der Waals surface area contributed by atoms with Crippen LogP contribution in [-0.2, 0) is 6.54 Å². The van der Waals surface area contributed by atoms with Crippen LogP contribution in [0.4, 0.5) is 14.6 Å². The maximum absolute atomic E-state index is 14.6. The average molecular weight is 496 g/mol. The van der Waals surface area contributed by atoms with Gasteiger partial charge in [-0.3, -0.25) is 4.79 Å². The van der Waals surface area contributed by atoms with Crippen molar-refractivity contribution in [1.29, 1.82) is 0 Å². The third kappa shape index (κ3) is 3.66. The number of hydrogen-bond donors (Lipinski definition) is 2. The van der Waals surface area contributed by atoms with E-state index in [0.29, 0.717) is 45.8 Å². The number of amides is 1. The number of fused-ring (bicyclic) bond motifs is 8. The van der Waals surface area contributed by atoms with Crippen LogP contribution in [0.5, 0.6) is 0 Å². The fraction of sp³-hybridized carbons (Fsp3) is 0.133. The number of nitrogens with zero attached hydrogens (tertiary/aromatic N) is 1. The van der Waals surface area contributed by atoms with Crippen LogP contribution >= 0.6 is 0 Å². The molecule has 0 fully saturated rings. The first-order chi connectivity index (χ1) is 17.7. The summed E-state index contributed by atoms with van der Waals surface area (Å²) in [6.45, 7) is 5.82. The van der Waals surface area contributed by atoms with Gasteiger partial charge in [-0.05, 0) is 85.5 Å². The number of aromatic nitrogens is 1. The highest BCUT2D eigenvalue weighted by atomic mass is 19.1. The molecular weight excluding hydrogens is 472 g/mol. The van der Waals surface area contributed by atoms with Crippen LogP contribution in [-0.4, -0.2) is 10.9 Å². The highest BCUT2D eigenvalue weighted by molar-refractivity contribution is 6.26. The predicted molar refractivity (Wildman–Crippen MR) is 142 cm³/mol. The number of benzene rings is 4. The van der Waals surface area contributed by atoms with E-state index < -0.39 is 11.6 Å². The summed E-state index contributed by atoms with van der Waals surface area (Å²) in [7, 11) is 0. The number of anilines is 1. The smallest absolute Gasteiger partial charge is 0.251 e. The number of carbonyl (C=O) groups is 1. The molecule has 3 aromatic carbocycles. The lowest BCUT2D eigenvalue weighted by Gasteiger charge is -2.12. The maximum Gasteiger partial charge on any atom is 0.251 e. The molecule has 0 spiro atoms. The molecule has 3 aromatic heterocycles. The fourth-order valence-electron chi connectivity index (χ4n) is 5.26. The molecule has 37 heavy (non-hydrogen) atoms. The molecule has 0 atom stereocenters. The lowest BCUT2D eigenvalue weighted by atomic mass is 9.95. The summed E-state index contributed by atoms with van der Waals surface area (Å²) in [4.78, 5) is 17.3. The topological polar surface area (TPSA) is 81.1 Å². The molecular formula is C30H23F2N3O2. The van der Waals surface area contributed by atoms with E-state index in [1.54, 1.807) is 19.1 Å². The quantitative estimate of drug-likeness (QED) is 0.259. The van der Waals surface area contributed by atoms with Gasteiger partial charge in [0.2, 0.25) is 0 Å². The Balaban J connectivity index is 1.37. The summed E-state index contributed by atoms with van der Waals surface area (Å²) < 4.78 is 34.4. The van der Waals surface area contributed by atoms with Crippen molar-refractivity contribution in [2.24, 2.45) is 0 Å². The van der Waals surface area contributed by atoms with Crippen LogP contribution in [0, 0.1) is 32.4 Å². The normalized spacial score (nSPS) is 11.7. The van der Waals surface area contributed by atoms with E-state index in [0.717, 1.165) is 44.4 Å². The first kappa shape index (κ1) is 22.9. The van der Waals surface area contributed by atoms with Crippen molar-refractivity contribution in [2.45, 2.75) is 27.3 Å². The molecule has 7 heteroatoms. The molecule has 0 radical (unpaired) electrons. The minimum Gasteiger partial charge on any atom is -0.455 e. The van der Waals surface area contributed by atoms with Gasteiger partial charge in [0.25, 0.3) is 5.91 Å². The Bertz CT molecular complexity index is 1830. The van der Waals surface area contributed by atoms with Gasteiger partial charge in [-0.15, -0.1) is 0 Å². The van der Waals surface area contributed by atoms with Crippen LogP contribution in [0.2, 0.25) is 0 Å². The molecule has 3 heterocycles. The van der Waals surface area contributed by atoms with Crippen molar-refractivity contribution in [2.75, 3.05) is 5.73 Å². The molecule has 6 aromatic rings. The van der Waals surface area contributed by atoms with Crippen molar-refractivity contribution < 1.29 is 18.0 Å². The van der Waals surface area contributed by atoms with Crippen molar-refractivity contribution in [3.8, 4) is 11.1 Å². The van der Waals surface area contributed by atoms with E-state index in [4.69, 9.17) is 10.2 Å². The van der Waals surface area contributed by atoms with E-state index >= 15 is 0 Å². The SMILES string of the molecule is Cc1cc(N)nc(C)c1CNC(=O)c1ccc2c(c1)c1oc2c2ccc(-c3c(C)cc(F)cc3F)cc21. The van der Waals surface area contributed by atoms with Gasteiger partial charge in [-0.2, -0.15) is 0 Å². The molecule has 6 rings (SSSR count). The Labute approximate surface area is 211 Å². The molecule has 2 bridgehead atoms. The van der Waals surface area contributed by atoms with E-state index in [-0.39, 0.29) is 5.91 Å². The summed E-state index contributed by atoms with van der Waals surface area (Å²) in [5, 5.41) is 6.41. The third-order valence-electron chi connectivity index (χ3n) is 7.02. The Morgan fingerprint density at radius 2 is 1.59 bits per heavy atom. The van der Waals surface area contributed by atoms with Crippen LogP contribution in [0.1, 0.15) is 32.7 Å². The Morgan fingerprint density at radius 1 is 0.892 bits per heavy atom. The number of aryl methyl sites for hydroxylation is 3. The van der Waals surface area contributed by atoms with E-state index in [2.05, 4.69) is 10.3 Å². The van der Waals surface area contributed by atoms with Gasteiger partial charge in [0.05, 0.1) is 0 Å². The number of furan rings is 2. The molecule has 0 aliphatic carbocycles. The molecule has 0 aliphatic rings. The average Bonchev–Trinajstić information content (AvgIpc) is 3.39. The highest BCUT2D eigenvalue weighted by Crippen LogP contribution is 2.43. The van der Waals surface area contributed by atoms with Gasteiger partial charge in [-0.25, -0.2) is 13.8 Å². The number of carbonyl (C=O) groups excluding carboxylic acids is 1. The minimum atomic E-state index is -0.611. The zero-order valence-electron chi connectivity index (χ0n) is 20.5. The summed E-state index contributed by atoms with van der Waals surface area (Å²) in [5.74, 6) is -0.982. The first-order valence-corrected chi connectivity index (χ1v) is 11.9. The van der Waals surface area contributed by atoms with Crippen molar-refractivity contribution in [3.63, 3.8) is 0 Å². The van der Waals surface area contributed by atoms with E-state index in [9.17, 15) is 13.6 Å². The molecule has 0 saturated heterocycles. The lowest BCUT2D eigenvalue weighted by Crippen LogP contribution is -2.24. The monoisotopic (exact) mass is 495 g/mol. The second-order valence-electron chi connectivity index (χ2n) is 9.47. The van der Waals surface area contributed by atoms with Gasteiger partial charge in [0, 0.05) is 51.0 Å². The summed E-state index contributed by atoms with van der Waals surface area (Å²) in [5.41, 5.74) is 11.8. The predicted octanol–water partition coefficient (Wildman–Crippen LogP) is 6.95. The van der Waals surface area contributed by atoms with E-state index in [1.807, 2.05) is 44.2 Å². The first-order valence-electron chi connectivity index (χ1n) is 11.9. The molecule has 0 aliphatic heterocycles. The molecule has 3 N–H and O–H groups in total. The second kappa shape index (κ2) is 8.27. The van der Waals surface area contributed by atoms with Crippen LogP contribution in [0.15, 0.2) is 59.0 Å². The van der Waals surface area contributed by atoms with Gasteiger partial charge in [0.1, 0.15) is 28.6 Å². The lowest BCUT2D eigenvalue weighted by molar-refractivity contribution is 0.0951. The van der Waals surface area contributed by atoms with Crippen LogP contribution in [0.3, 0.4) is 0 Å². The van der Waals surface area contributed by atoms with Crippen molar-refractivity contribution in [1.82, 2.24) is 10.3 Å². The largest absolute Gasteiger partial charge is 0.455 e. The number of nitrogen functional groups attached to an aromatic ring is 1. The third-order valence-corrected chi connectivity index (χ3v) is 7.02. The highest BCUT2D eigenvalue weighted by Gasteiger charge is 2.21. The number of nitrogens with two attached hydrogens (primary N) is 1. The molecule has 0 saturated carbocycles. The fourth-order valence-corrected chi connectivity index (χ4v) is 5.26. The number of nitrogens with one attached hydrogen (secondary N) is 1. The molecule has 5 nitrogen and oxygen atoms in total. The Kier molecular flexibility index (Phi) is 5.12. The van der Waals surface area contributed by atoms with Gasteiger partial charge in [0.15, 0.2) is 0 Å². The number of hydrogen-bond acceptors (Lipinski definition) is 4. The summed E-state index contributed by atoms with van der Waals surface area (Å²) >= 11 is 0. The Morgan fingerprint density at radius 3 is 2.32 bits per heavy atom. The maximum atomic E-state index is 14.6. The Hall–Kier alpha value is -4.52. The number of pyridine rings is 1. The molecule has 184 valence electrons. The van der Waals surface area contributed by atoms with E-state index in [1.165, 1.54) is 6.07 Å². The van der Waals surface area contributed by atoms with Gasteiger partial charge < -0.3 is 15.5 Å². The van der Waals surface area contributed by atoms with Crippen LogP contribution in [0.25, 0.3) is 43.8 Å². The standard InChI is InChI=1S/C30H23F2N3O2/c1-14-9-26(33)35-16(3)24(14)13-34-30(36)18-5-7-21-23(11-18)29-22-10-17(4-6-20(22)28(21)37-29)27-15(2)8-19(31)12-25(27)32/h4-12H,13H2,1-3H3,(H2,33,35)(H,34,36). The number of rotatable bonds is 4. The summed E-state index contributed by atoms with van der Waals surface area (Å²) in [6.07, 6.45) is 0.